The smallest absolute Gasteiger partial charge is 0.309 e. The van der Waals surface area contributed by atoms with Crippen molar-refractivity contribution in [1.29, 1.82) is 0 Å². The Bertz CT molecular complexity index is 297. The molecule has 0 atom stereocenters. The van der Waals surface area contributed by atoms with Gasteiger partial charge in [-0.15, -0.1) is 0 Å². The molecule has 19 heavy (non-hydrogen) atoms. The van der Waals surface area contributed by atoms with E-state index in [1.165, 1.54) is 0 Å². The van der Waals surface area contributed by atoms with E-state index in [9.17, 15) is 4.79 Å². The van der Waals surface area contributed by atoms with Gasteiger partial charge in [0.05, 0.1) is 18.3 Å². The van der Waals surface area contributed by atoms with Gasteiger partial charge in [0.2, 0.25) is 5.79 Å². The van der Waals surface area contributed by atoms with Crippen molar-refractivity contribution in [2.24, 2.45) is 0 Å². The molecule has 0 amide bonds. The van der Waals surface area contributed by atoms with E-state index in [1.54, 1.807) is 0 Å². The van der Waals surface area contributed by atoms with Crippen LogP contribution in [0.1, 0.15) is 48.0 Å². The number of aliphatic carboxylic acids is 1. The van der Waals surface area contributed by atoms with Crippen molar-refractivity contribution in [2.75, 3.05) is 0 Å². The Labute approximate surface area is 115 Å². The van der Waals surface area contributed by atoms with Crippen molar-refractivity contribution in [1.82, 2.24) is 0 Å². The lowest BCUT2D eigenvalue weighted by atomic mass is 10.1. The van der Waals surface area contributed by atoms with Crippen LogP contribution in [0.15, 0.2) is 12.3 Å². The molecule has 0 aliphatic rings. The van der Waals surface area contributed by atoms with Crippen LogP contribution in [-0.4, -0.2) is 35.2 Å². The van der Waals surface area contributed by atoms with Gasteiger partial charge in [-0.05, 0) is 41.5 Å². The molecular formula is C14H26O5. The van der Waals surface area contributed by atoms with Crippen LogP contribution < -0.4 is 0 Å². The Hall–Kier alpha value is -1.07. The summed E-state index contributed by atoms with van der Waals surface area (Å²) in [4.78, 5) is 11.1. The zero-order chi connectivity index (χ0) is 15.2. The summed E-state index contributed by atoms with van der Waals surface area (Å²) >= 11 is 0. The average molecular weight is 274 g/mol. The lowest BCUT2D eigenvalue weighted by Gasteiger charge is -2.37. The molecule has 0 aromatic heterocycles. The standard InChI is InChI=1S/C14H26O5/c1-9(2)17-12(7)14(8-13(15)16,18-10(3)4)19-11(5)6/h9-11H,7-8H2,1-6H3,(H,15,16). The van der Waals surface area contributed by atoms with Crippen LogP contribution in [-0.2, 0) is 19.0 Å². The SMILES string of the molecule is C=C(OC(C)C)C(CC(=O)O)(OC(C)C)OC(C)C. The van der Waals surface area contributed by atoms with E-state index in [4.69, 9.17) is 19.3 Å². The van der Waals surface area contributed by atoms with Gasteiger partial charge in [0.15, 0.2) is 0 Å². The molecule has 0 aromatic rings. The highest BCUT2D eigenvalue weighted by atomic mass is 16.7. The third-order valence-corrected chi connectivity index (χ3v) is 2.04. The lowest BCUT2D eigenvalue weighted by molar-refractivity contribution is -0.267. The molecule has 0 radical (unpaired) electrons. The van der Waals surface area contributed by atoms with Crippen molar-refractivity contribution in [3.63, 3.8) is 0 Å². The van der Waals surface area contributed by atoms with Crippen LogP contribution in [0.25, 0.3) is 0 Å². The molecule has 1 N–H and O–H groups in total. The first kappa shape index (κ1) is 17.9. The highest BCUT2D eigenvalue weighted by Crippen LogP contribution is 2.31. The summed E-state index contributed by atoms with van der Waals surface area (Å²) in [5, 5.41) is 9.10. The molecule has 0 fully saturated rings. The highest BCUT2D eigenvalue weighted by Gasteiger charge is 2.42. The third kappa shape index (κ3) is 6.59. The predicted molar refractivity (Wildman–Crippen MR) is 72.8 cm³/mol. The minimum atomic E-state index is -1.46. The first-order valence-corrected chi connectivity index (χ1v) is 6.52. The number of hydrogen-bond acceptors (Lipinski definition) is 4. The Morgan fingerprint density at radius 3 is 1.74 bits per heavy atom. The molecule has 0 bridgehead atoms. The molecule has 0 saturated carbocycles. The number of hydrogen-bond donors (Lipinski definition) is 1. The van der Waals surface area contributed by atoms with E-state index in [0.717, 1.165) is 0 Å². The number of rotatable bonds is 9. The van der Waals surface area contributed by atoms with Crippen LogP contribution in [0.3, 0.4) is 0 Å². The second-order valence-electron chi connectivity index (χ2n) is 5.25. The van der Waals surface area contributed by atoms with Crippen molar-refractivity contribution < 1.29 is 24.1 Å². The average Bonchev–Trinajstić information content (AvgIpc) is 2.12. The first-order chi connectivity index (χ1) is 8.59. The van der Waals surface area contributed by atoms with E-state index >= 15 is 0 Å². The molecule has 0 unspecified atom stereocenters. The van der Waals surface area contributed by atoms with Crippen molar-refractivity contribution in [2.45, 2.75) is 72.1 Å². The summed E-state index contributed by atoms with van der Waals surface area (Å²) in [7, 11) is 0. The van der Waals surface area contributed by atoms with Crippen molar-refractivity contribution in [3.8, 4) is 0 Å². The zero-order valence-corrected chi connectivity index (χ0v) is 12.7. The van der Waals surface area contributed by atoms with Gasteiger partial charge < -0.3 is 19.3 Å². The molecule has 0 aliphatic carbocycles. The second kappa shape index (κ2) is 7.50. The predicted octanol–water partition coefficient (Wildman–Crippen LogP) is 2.95. The summed E-state index contributed by atoms with van der Waals surface area (Å²) in [5.41, 5.74) is 0. The van der Waals surface area contributed by atoms with Crippen LogP contribution in [0.5, 0.6) is 0 Å². The maximum absolute atomic E-state index is 11.1. The molecule has 0 rings (SSSR count). The van der Waals surface area contributed by atoms with Gasteiger partial charge in [-0.2, -0.15) is 0 Å². The van der Waals surface area contributed by atoms with Crippen LogP contribution in [0.4, 0.5) is 0 Å². The van der Waals surface area contributed by atoms with Gasteiger partial charge in [0, 0.05) is 0 Å². The van der Waals surface area contributed by atoms with E-state index in [0.29, 0.717) is 0 Å². The third-order valence-electron chi connectivity index (χ3n) is 2.04. The summed E-state index contributed by atoms with van der Waals surface area (Å²) in [6, 6.07) is 0. The zero-order valence-electron chi connectivity index (χ0n) is 12.7. The maximum Gasteiger partial charge on any atom is 0.309 e. The summed E-state index contributed by atoms with van der Waals surface area (Å²) < 4.78 is 16.9. The van der Waals surface area contributed by atoms with Gasteiger partial charge in [0.1, 0.15) is 12.2 Å². The van der Waals surface area contributed by atoms with Crippen molar-refractivity contribution >= 4 is 5.97 Å². The van der Waals surface area contributed by atoms with Gasteiger partial charge in [-0.1, -0.05) is 6.58 Å². The Kier molecular flexibility index (Phi) is 7.08. The molecule has 0 heterocycles. The van der Waals surface area contributed by atoms with Crippen LogP contribution >= 0.6 is 0 Å². The normalized spacial score (nSPS) is 12.3. The molecular weight excluding hydrogens is 248 g/mol. The highest BCUT2D eigenvalue weighted by molar-refractivity contribution is 5.68. The van der Waals surface area contributed by atoms with Crippen LogP contribution in [0.2, 0.25) is 0 Å². The molecule has 0 aromatic carbocycles. The summed E-state index contributed by atoms with van der Waals surface area (Å²) in [6.45, 7) is 14.7. The van der Waals surface area contributed by atoms with Crippen molar-refractivity contribution in [3.05, 3.63) is 12.3 Å². The van der Waals surface area contributed by atoms with Crippen LogP contribution in [0, 0.1) is 0 Å². The monoisotopic (exact) mass is 274 g/mol. The molecule has 0 saturated heterocycles. The fourth-order valence-electron chi connectivity index (χ4n) is 1.68. The minimum Gasteiger partial charge on any atom is -0.490 e. The Balaban J connectivity index is 5.31. The van der Waals surface area contributed by atoms with E-state index in [1.807, 2.05) is 41.5 Å². The van der Waals surface area contributed by atoms with E-state index in [2.05, 4.69) is 6.58 Å². The van der Waals surface area contributed by atoms with Gasteiger partial charge in [0.25, 0.3) is 0 Å². The quantitative estimate of drug-likeness (QED) is 0.517. The Morgan fingerprint density at radius 1 is 1.05 bits per heavy atom. The van der Waals surface area contributed by atoms with Gasteiger partial charge >= 0.3 is 5.97 Å². The molecule has 112 valence electrons. The van der Waals surface area contributed by atoms with Gasteiger partial charge in [-0.3, -0.25) is 4.79 Å². The van der Waals surface area contributed by atoms with E-state index < -0.39 is 11.8 Å². The minimum absolute atomic E-state index is 0.132. The molecule has 5 nitrogen and oxygen atoms in total. The Morgan fingerprint density at radius 2 is 1.47 bits per heavy atom. The molecule has 0 spiro atoms. The summed E-state index contributed by atoms with van der Waals surface area (Å²) in [5.74, 6) is -2.31. The second-order valence-corrected chi connectivity index (χ2v) is 5.25. The van der Waals surface area contributed by atoms with E-state index in [-0.39, 0.29) is 30.5 Å². The fraction of sp³-hybridized carbons (Fsp3) is 0.786. The first-order valence-electron chi connectivity index (χ1n) is 6.52. The number of carboxylic acid groups (broad SMARTS) is 1. The number of carbonyl (C=O) groups is 1. The lowest BCUT2D eigenvalue weighted by Crippen LogP contribution is -2.45. The maximum atomic E-state index is 11.1. The topological polar surface area (TPSA) is 65.0 Å². The number of carboxylic acids is 1. The molecule has 0 aliphatic heterocycles. The van der Waals surface area contributed by atoms with Gasteiger partial charge in [-0.25, -0.2) is 0 Å². The molecule has 5 heteroatoms. The number of ether oxygens (including phenoxy) is 3. The fourth-order valence-corrected chi connectivity index (χ4v) is 1.68. The summed E-state index contributed by atoms with van der Waals surface area (Å²) in [6.07, 6.45) is -0.919. The largest absolute Gasteiger partial charge is 0.490 e.